The second-order valence-electron chi connectivity index (χ2n) is 7.16. The summed E-state index contributed by atoms with van der Waals surface area (Å²) in [6, 6.07) is 8.22. The zero-order chi connectivity index (χ0) is 17.9. The number of halogens is 2. The molecule has 8 heteroatoms. The summed E-state index contributed by atoms with van der Waals surface area (Å²) in [4.78, 5) is 19.5. The summed E-state index contributed by atoms with van der Waals surface area (Å²) in [6.07, 6.45) is 2.07. The molecular formula is C20H28Cl2N4OS. The molecule has 5 nitrogen and oxygen atoms in total. The van der Waals surface area contributed by atoms with Gasteiger partial charge in [-0.3, -0.25) is 9.69 Å². The SMILES string of the molecule is Cl.Cl.Nc1cccc2c1CCCN2CC(=O)N1CCN(Cc2ccsc2)CC1. The fourth-order valence-corrected chi connectivity index (χ4v) is 4.61. The molecule has 0 atom stereocenters. The lowest BCUT2D eigenvalue weighted by atomic mass is 10.00. The normalized spacial score (nSPS) is 16.7. The Hall–Kier alpha value is -1.47. The number of benzene rings is 1. The zero-order valence-electron chi connectivity index (χ0n) is 15.9. The number of nitrogens with two attached hydrogens (primary N) is 1. The number of carbonyl (C=O) groups excluding carboxylic acids is 1. The Kier molecular flexibility index (Phi) is 8.43. The highest BCUT2D eigenvalue weighted by molar-refractivity contribution is 7.07. The standard InChI is InChI=1S/C20H26N4OS.2ClH/c21-18-4-1-5-19-17(18)3-2-7-24(19)14-20(25)23-10-8-22(9-11-23)13-16-6-12-26-15-16;;/h1,4-6,12,15H,2-3,7-11,13-14,21H2;2*1H. The summed E-state index contributed by atoms with van der Waals surface area (Å²) in [5, 5.41) is 4.33. The van der Waals surface area contributed by atoms with Crippen LogP contribution in [0.15, 0.2) is 35.0 Å². The second-order valence-corrected chi connectivity index (χ2v) is 7.94. The van der Waals surface area contributed by atoms with Crippen molar-refractivity contribution in [2.45, 2.75) is 19.4 Å². The molecule has 1 fully saturated rings. The molecule has 2 aromatic rings. The number of fused-ring (bicyclic) bond motifs is 1. The van der Waals surface area contributed by atoms with Crippen LogP contribution in [0.3, 0.4) is 0 Å². The second kappa shape index (κ2) is 10.3. The van der Waals surface area contributed by atoms with Gasteiger partial charge in [0.15, 0.2) is 0 Å². The first kappa shape index (κ1) is 22.8. The van der Waals surface area contributed by atoms with Gasteiger partial charge in [-0.25, -0.2) is 0 Å². The minimum absolute atomic E-state index is 0. The van der Waals surface area contributed by atoms with Crippen LogP contribution in [0.1, 0.15) is 17.5 Å². The molecule has 0 spiro atoms. The molecule has 4 rings (SSSR count). The van der Waals surface area contributed by atoms with E-state index in [1.54, 1.807) is 11.3 Å². The van der Waals surface area contributed by atoms with E-state index < -0.39 is 0 Å². The highest BCUT2D eigenvalue weighted by atomic mass is 35.5. The van der Waals surface area contributed by atoms with Crippen molar-refractivity contribution >= 4 is 53.4 Å². The van der Waals surface area contributed by atoms with Crippen molar-refractivity contribution < 1.29 is 4.79 Å². The summed E-state index contributed by atoms with van der Waals surface area (Å²) in [5.74, 6) is 0.232. The lowest BCUT2D eigenvalue weighted by Gasteiger charge is -2.37. The van der Waals surface area contributed by atoms with Crippen LogP contribution in [-0.4, -0.2) is 55.0 Å². The van der Waals surface area contributed by atoms with Gasteiger partial charge in [0.25, 0.3) is 0 Å². The fraction of sp³-hybridized carbons (Fsp3) is 0.450. The van der Waals surface area contributed by atoms with Crippen molar-refractivity contribution in [3.05, 3.63) is 46.2 Å². The Morgan fingerprint density at radius 1 is 1.07 bits per heavy atom. The van der Waals surface area contributed by atoms with Gasteiger partial charge in [0.2, 0.25) is 5.91 Å². The number of nitrogen functional groups attached to an aromatic ring is 1. The summed E-state index contributed by atoms with van der Waals surface area (Å²) >= 11 is 1.74. The topological polar surface area (TPSA) is 52.8 Å². The minimum Gasteiger partial charge on any atom is -0.398 e. The quantitative estimate of drug-likeness (QED) is 0.738. The predicted molar refractivity (Wildman–Crippen MR) is 122 cm³/mol. The Morgan fingerprint density at radius 2 is 1.86 bits per heavy atom. The Labute approximate surface area is 183 Å². The van der Waals surface area contributed by atoms with E-state index in [4.69, 9.17) is 5.73 Å². The van der Waals surface area contributed by atoms with Gasteiger partial charge in [0, 0.05) is 50.6 Å². The number of carbonyl (C=O) groups is 1. The number of amides is 1. The fourth-order valence-electron chi connectivity index (χ4n) is 3.95. The van der Waals surface area contributed by atoms with Crippen LogP contribution in [0, 0.1) is 0 Å². The van der Waals surface area contributed by atoms with Crippen molar-refractivity contribution in [2.24, 2.45) is 0 Å². The molecule has 1 amide bonds. The van der Waals surface area contributed by atoms with Gasteiger partial charge in [-0.15, -0.1) is 24.8 Å². The number of piperazine rings is 1. The van der Waals surface area contributed by atoms with E-state index in [1.165, 1.54) is 11.1 Å². The van der Waals surface area contributed by atoms with Crippen molar-refractivity contribution in [2.75, 3.05) is 49.9 Å². The first-order chi connectivity index (χ1) is 12.7. The average Bonchev–Trinajstić information content (AvgIpc) is 3.16. The maximum atomic E-state index is 12.8. The number of thiophene rings is 1. The van der Waals surface area contributed by atoms with E-state index in [0.29, 0.717) is 6.54 Å². The maximum absolute atomic E-state index is 12.8. The van der Waals surface area contributed by atoms with Gasteiger partial charge in [-0.2, -0.15) is 11.3 Å². The largest absolute Gasteiger partial charge is 0.398 e. The Morgan fingerprint density at radius 3 is 2.57 bits per heavy atom. The highest BCUT2D eigenvalue weighted by Gasteiger charge is 2.25. The van der Waals surface area contributed by atoms with Gasteiger partial charge >= 0.3 is 0 Å². The molecule has 154 valence electrons. The van der Waals surface area contributed by atoms with Gasteiger partial charge < -0.3 is 15.5 Å². The summed E-state index contributed by atoms with van der Waals surface area (Å²) in [7, 11) is 0. The summed E-state index contributed by atoms with van der Waals surface area (Å²) in [6.45, 7) is 5.92. The van der Waals surface area contributed by atoms with E-state index in [-0.39, 0.29) is 30.7 Å². The third-order valence-corrected chi connectivity index (χ3v) is 6.15. The molecule has 1 aromatic heterocycles. The third kappa shape index (κ3) is 5.11. The minimum atomic E-state index is 0. The van der Waals surface area contributed by atoms with Gasteiger partial charge in [-0.05, 0) is 52.9 Å². The smallest absolute Gasteiger partial charge is 0.242 e. The third-order valence-electron chi connectivity index (χ3n) is 5.42. The van der Waals surface area contributed by atoms with Crippen molar-refractivity contribution in [3.8, 4) is 0 Å². The molecule has 1 aromatic carbocycles. The van der Waals surface area contributed by atoms with Gasteiger partial charge in [0.05, 0.1) is 6.54 Å². The number of hydrogen-bond acceptors (Lipinski definition) is 5. The molecule has 0 saturated carbocycles. The molecule has 0 bridgehead atoms. The molecule has 28 heavy (non-hydrogen) atoms. The zero-order valence-corrected chi connectivity index (χ0v) is 18.3. The monoisotopic (exact) mass is 442 g/mol. The predicted octanol–water partition coefficient (Wildman–Crippen LogP) is 3.27. The molecule has 2 aliphatic rings. The van der Waals surface area contributed by atoms with Crippen LogP contribution in [0.2, 0.25) is 0 Å². The average molecular weight is 443 g/mol. The van der Waals surface area contributed by atoms with Crippen LogP contribution in [0.25, 0.3) is 0 Å². The van der Waals surface area contributed by atoms with Crippen LogP contribution >= 0.6 is 36.2 Å². The first-order valence-electron chi connectivity index (χ1n) is 9.34. The van der Waals surface area contributed by atoms with Crippen LogP contribution in [0.5, 0.6) is 0 Å². The molecule has 3 heterocycles. The Balaban J connectivity index is 0.00000140. The molecular weight excluding hydrogens is 415 g/mol. The lowest BCUT2D eigenvalue weighted by molar-refractivity contribution is -0.131. The molecule has 1 saturated heterocycles. The van der Waals surface area contributed by atoms with Crippen LogP contribution in [-0.2, 0) is 17.8 Å². The van der Waals surface area contributed by atoms with E-state index >= 15 is 0 Å². The summed E-state index contributed by atoms with van der Waals surface area (Å²) in [5.41, 5.74) is 10.7. The summed E-state index contributed by atoms with van der Waals surface area (Å²) < 4.78 is 0. The maximum Gasteiger partial charge on any atom is 0.242 e. The van der Waals surface area contributed by atoms with Crippen molar-refractivity contribution in [1.82, 2.24) is 9.80 Å². The molecule has 0 aliphatic carbocycles. The number of nitrogens with zero attached hydrogens (tertiary/aromatic N) is 3. The van der Waals surface area contributed by atoms with E-state index in [1.807, 2.05) is 17.0 Å². The van der Waals surface area contributed by atoms with Crippen molar-refractivity contribution in [3.63, 3.8) is 0 Å². The van der Waals surface area contributed by atoms with E-state index in [0.717, 1.165) is 63.5 Å². The molecule has 2 N–H and O–H groups in total. The van der Waals surface area contributed by atoms with Gasteiger partial charge in [0.1, 0.15) is 0 Å². The molecule has 0 unspecified atom stereocenters. The number of hydrogen-bond donors (Lipinski definition) is 1. The van der Waals surface area contributed by atoms with Crippen LogP contribution in [0.4, 0.5) is 11.4 Å². The van der Waals surface area contributed by atoms with Crippen molar-refractivity contribution in [1.29, 1.82) is 0 Å². The molecule has 2 aliphatic heterocycles. The number of anilines is 2. The van der Waals surface area contributed by atoms with E-state index in [2.05, 4.69) is 32.7 Å². The molecule has 0 radical (unpaired) electrons. The van der Waals surface area contributed by atoms with Gasteiger partial charge in [-0.1, -0.05) is 6.07 Å². The Bertz CT molecular complexity index is 764. The lowest BCUT2D eigenvalue weighted by Crippen LogP contribution is -2.51. The van der Waals surface area contributed by atoms with Crippen LogP contribution < -0.4 is 10.6 Å². The highest BCUT2D eigenvalue weighted by Crippen LogP contribution is 2.31. The number of rotatable bonds is 4. The first-order valence-corrected chi connectivity index (χ1v) is 10.3. The van der Waals surface area contributed by atoms with E-state index in [9.17, 15) is 4.79 Å².